The summed E-state index contributed by atoms with van der Waals surface area (Å²) in [6.45, 7) is 1.16. The third kappa shape index (κ3) is 2.87. The second-order valence-corrected chi connectivity index (χ2v) is 6.82. The van der Waals surface area contributed by atoms with Crippen LogP contribution in [0.3, 0.4) is 0 Å². The van der Waals surface area contributed by atoms with Gasteiger partial charge in [0.15, 0.2) is 9.84 Å². The van der Waals surface area contributed by atoms with Crippen molar-refractivity contribution in [1.82, 2.24) is 0 Å². The van der Waals surface area contributed by atoms with Gasteiger partial charge >= 0.3 is 8.60 Å². The summed E-state index contributed by atoms with van der Waals surface area (Å²) in [5.41, 5.74) is 0. The Balaban J connectivity index is 1.78. The van der Waals surface area contributed by atoms with Crippen molar-refractivity contribution in [3.8, 4) is 0 Å². The maximum Gasteiger partial charge on any atom is 0.333 e. The highest BCUT2D eigenvalue weighted by Gasteiger charge is 2.29. The molecule has 82 valence electrons. The van der Waals surface area contributed by atoms with Crippen molar-refractivity contribution in [3.05, 3.63) is 0 Å². The van der Waals surface area contributed by atoms with E-state index in [4.69, 9.17) is 13.6 Å². The van der Waals surface area contributed by atoms with E-state index >= 15 is 0 Å². The van der Waals surface area contributed by atoms with E-state index in [9.17, 15) is 8.42 Å². The van der Waals surface area contributed by atoms with Crippen LogP contribution in [0.2, 0.25) is 0 Å². The Morgan fingerprint density at radius 2 is 1.71 bits per heavy atom. The van der Waals surface area contributed by atoms with E-state index < -0.39 is 18.4 Å². The van der Waals surface area contributed by atoms with Crippen LogP contribution in [0.25, 0.3) is 0 Å². The highest BCUT2D eigenvalue weighted by Crippen LogP contribution is 2.45. The fourth-order valence-corrected chi connectivity index (χ4v) is 3.96. The minimum atomic E-state index is -2.80. The molecule has 0 aliphatic carbocycles. The third-order valence-electron chi connectivity index (χ3n) is 2.21. The molecule has 7 heteroatoms. The summed E-state index contributed by atoms with van der Waals surface area (Å²) in [6, 6.07) is 0. The average molecular weight is 240 g/mol. The first-order valence-corrected chi connectivity index (χ1v) is 7.50. The second kappa shape index (κ2) is 4.41. The Morgan fingerprint density at radius 1 is 1.14 bits per heavy atom. The van der Waals surface area contributed by atoms with E-state index in [-0.39, 0.29) is 17.6 Å². The van der Waals surface area contributed by atoms with Gasteiger partial charge in [0.1, 0.15) is 0 Å². The van der Waals surface area contributed by atoms with Crippen molar-refractivity contribution >= 4 is 18.4 Å². The van der Waals surface area contributed by atoms with Gasteiger partial charge in [-0.05, 0) is 12.8 Å². The van der Waals surface area contributed by atoms with Crippen LogP contribution >= 0.6 is 8.60 Å². The fourth-order valence-electron chi connectivity index (χ4n) is 1.42. The molecule has 0 bridgehead atoms. The van der Waals surface area contributed by atoms with Crippen molar-refractivity contribution in [2.24, 2.45) is 0 Å². The van der Waals surface area contributed by atoms with Crippen LogP contribution in [0, 0.1) is 0 Å². The molecule has 2 heterocycles. The molecule has 0 unspecified atom stereocenters. The Bertz CT molecular complexity index is 270. The van der Waals surface area contributed by atoms with Crippen LogP contribution in [0.1, 0.15) is 12.8 Å². The van der Waals surface area contributed by atoms with E-state index in [0.29, 0.717) is 26.1 Å². The molecule has 2 aliphatic heterocycles. The number of hydrogen-bond donors (Lipinski definition) is 0. The number of hydrogen-bond acceptors (Lipinski definition) is 5. The largest absolute Gasteiger partial charge is 0.333 e. The Hall–Kier alpha value is 0.260. The molecule has 2 aliphatic rings. The van der Waals surface area contributed by atoms with Crippen molar-refractivity contribution < 1.29 is 22.0 Å². The maximum absolute atomic E-state index is 11.1. The molecule has 14 heavy (non-hydrogen) atoms. The maximum atomic E-state index is 11.1. The van der Waals surface area contributed by atoms with Crippen molar-refractivity contribution in [2.75, 3.05) is 24.7 Å². The van der Waals surface area contributed by atoms with Gasteiger partial charge < -0.3 is 13.6 Å². The van der Waals surface area contributed by atoms with E-state index in [1.165, 1.54) is 0 Å². The van der Waals surface area contributed by atoms with Crippen LogP contribution in [0.5, 0.6) is 0 Å². The number of rotatable bonds is 2. The van der Waals surface area contributed by atoms with Crippen LogP contribution < -0.4 is 0 Å². The lowest BCUT2D eigenvalue weighted by Crippen LogP contribution is -2.27. The zero-order chi connectivity index (χ0) is 10.0. The summed E-state index contributed by atoms with van der Waals surface area (Å²) >= 11 is 0. The summed E-state index contributed by atoms with van der Waals surface area (Å²) in [4.78, 5) is 0. The monoisotopic (exact) mass is 240 g/mol. The van der Waals surface area contributed by atoms with Gasteiger partial charge in [-0.25, -0.2) is 8.42 Å². The molecule has 0 aromatic carbocycles. The smallest absolute Gasteiger partial charge is 0.310 e. The molecule has 0 aromatic rings. The van der Waals surface area contributed by atoms with Gasteiger partial charge in [0, 0.05) is 0 Å². The van der Waals surface area contributed by atoms with E-state index in [2.05, 4.69) is 0 Å². The van der Waals surface area contributed by atoms with Crippen LogP contribution in [-0.4, -0.2) is 39.2 Å². The molecule has 0 aromatic heterocycles. The summed E-state index contributed by atoms with van der Waals surface area (Å²) in [5.74, 6) is 0.446. The van der Waals surface area contributed by atoms with Crippen molar-refractivity contribution in [3.63, 3.8) is 0 Å². The van der Waals surface area contributed by atoms with E-state index in [1.807, 2.05) is 0 Å². The standard InChI is InChI=1S/C7H13O5PS/c8-14(9)5-1-7(2-6-14)12-13-10-3-4-11-13/h7H,1-6H2. The summed E-state index contributed by atoms with van der Waals surface area (Å²) in [7, 11) is -4.00. The molecule has 2 saturated heterocycles. The predicted octanol–water partition coefficient (Wildman–Crippen LogP) is 0.854. The lowest BCUT2D eigenvalue weighted by atomic mass is 10.2. The summed E-state index contributed by atoms with van der Waals surface area (Å²) in [5, 5.41) is 0. The second-order valence-electron chi connectivity index (χ2n) is 3.35. The minimum Gasteiger partial charge on any atom is -0.310 e. The van der Waals surface area contributed by atoms with Crippen LogP contribution in [-0.2, 0) is 23.4 Å². The molecular formula is C7H13O5PS. The lowest BCUT2D eigenvalue weighted by Gasteiger charge is -2.23. The van der Waals surface area contributed by atoms with Gasteiger partial charge in [-0.1, -0.05) is 0 Å². The molecule has 0 amide bonds. The zero-order valence-electron chi connectivity index (χ0n) is 7.72. The molecule has 0 atom stereocenters. The zero-order valence-corrected chi connectivity index (χ0v) is 9.43. The Kier molecular flexibility index (Phi) is 3.39. The van der Waals surface area contributed by atoms with Crippen LogP contribution in [0.15, 0.2) is 0 Å². The molecule has 0 radical (unpaired) electrons. The molecular weight excluding hydrogens is 227 g/mol. The molecule has 2 fully saturated rings. The molecule has 2 rings (SSSR count). The first kappa shape index (κ1) is 10.8. The quantitative estimate of drug-likeness (QED) is 0.670. The highest BCUT2D eigenvalue weighted by molar-refractivity contribution is 7.91. The molecule has 0 saturated carbocycles. The topological polar surface area (TPSA) is 61.8 Å². The van der Waals surface area contributed by atoms with Crippen molar-refractivity contribution in [1.29, 1.82) is 0 Å². The summed E-state index contributed by atoms with van der Waals surface area (Å²) in [6.07, 6.45) is 1.12. The van der Waals surface area contributed by atoms with Gasteiger partial charge in [0.25, 0.3) is 0 Å². The van der Waals surface area contributed by atoms with Gasteiger partial charge in [-0.15, -0.1) is 0 Å². The molecule has 0 spiro atoms. The Morgan fingerprint density at radius 3 is 2.29 bits per heavy atom. The average Bonchev–Trinajstić information content (AvgIpc) is 2.61. The van der Waals surface area contributed by atoms with E-state index in [1.54, 1.807) is 0 Å². The van der Waals surface area contributed by atoms with Gasteiger partial charge in [-0.2, -0.15) is 0 Å². The Labute approximate surface area is 84.6 Å². The van der Waals surface area contributed by atoms with E-state index in [0.717, 1.165) is 0 Å². The van der Waals surface area contributed by atoms with Gasteiger partial charge in [0.05, 0.1) is 30.8 Å². The van der Waals surface area contributed by atoms with Crippen LogP contribution in [0.4, 0.5) is 0 Å². The number of sulfone groups is 1. The summed E-state index contributed by atoms with van der Waals surface area (Å²) < 4.78 is 38.1. The van der Waals surface area contributed by atoms with Gasteiger partial charge in [-0.3, -0.25) is 0 Å². The van der Waals surface area contributed by atoms with Gasteiger partial charge in [0.2, 0.25) is 0 Å². The molecule has 5 nitrogen and oxygen atoms in total. The normalized spacial score (nSPS) is 29.4. The first-order valence-electron chi connectivity index (χ1n) is 4.59. The fraction of sp³-hybridized carbons (Fsp3) is 1.00. The highest BCUT2D eigenvalue weighted by atomic mass is 32.2. The SMILES string of the molecule is O=S1(=O)CCC(OP2OCCO2)CC1. The predicted molar refractivity (Wildman–Crippen MR) is 51.6 cm³/mol. The lowest BCUT2D eigenvalue weighted by molar-refractivity contribution is 0.158. The minimum absolute atomic E-state index is 0.0114. The third-order valence-corrected chi connectivity index (χ3v) is 5.19. The first-order chi connectivity index (χ1) is 6.66. The van der Waals surface area contributed by atoms with Crippen molar-refractivity contribution in [2.45, 2.75) is 18.9 Å². The molecule has 0 N–H and O–H groups in total.